The van der Waals surface area contributed by atoms with Crippen LogP contribution in [-0.4, -0.2) is 49.5 Å². The van der Waals surface area contributed by atoms with Crippen molar-refractivity contribution in [2.45, 2.75) is 59.2 Å². The molecule has 5 heteroatoms. The summed E-state index contributed by atoms with van der Waals surface area (Å²) in [5.74, 6) is 1.84. The van der Waals surface area contributed by atoms with Gasteiger partial charge in [-0.05, 0) is 53.2 Å². The summed E-state index contributed by atoms with van der Waals surface area (Å²) in [6.45, 7) is 16.6. The van der Waals surface area contributed by atoms with Crippen LogP contribution >= 0.6 is 0 Å². The molecule has 0 N–H and O–H groups in total. The molecule has 0 atom stereocenters. The van der Waals surface area contributed by atoms with Crippen LogP contribution in [0, 0.1) is 0 Å². The summed E-state index contributed by atoms with van der Waals surface area (Å²) in [6, 6.07) is 0. The van der Waals surface area contributed by atoms with Gasteiger partial charge in [0.15, 0.2) is 0 Å². The van der Waals surface area contributed by atoms with Crippen molar-refractivity contribution in [1.82, 2.24) is 4.90 Å². The highest BCUT2D eigenvalue weighted by molar-refractivity contribution is 6.51. The van der Waals surface area contributed by atoms with Gasteiger partial charge < -0.3 is 18.9 Å². The molecule has 1 fully saturated rings. The molecule has 0 aromatic rings. The quantitative estimate of drug-likeness (QED) is 0.389. The lowest BCUT2D eigenvalue weighted by Crippen LogP contribution is -2.41. The SMILES string of the molecule is CCN(CC)CCCO/C=C/B1OC(C)(C)C(C)(C)O1. The van der Waals surface area contributed by atoms with Crippen molar-refractivity contribution in [3.63, 3.8) is 0 Å². The van der Waals surface area contributed by atoms with Crippen LogP contribution in [0.15, 0.2) is 12.2 Å². The maximum atomic E-state index is 5.85. The lowest BCUT2D eigenvalue weighted by atomic mass is 9.90. The first kappa shape index (κ1) is 17.5. The normalized spacial score (nSPS) is 21.1. The highest BCUT2D eigenvalue weighted by Crippen LogP contribution is 2.36. The molecule has 20 heavy (non-hydrogen) atoms. The Hall–Kier alpha value is -0.515. The molecule has 1 rings (SSSR count). The monoisotopic (exact) mass is 283 g/mol. The Morgan fingerprint density at radius 2 is 1.60 bits per heavy atom. The summed E-state index contributed by atoms with van der Waals surface area (Å²) in [5, 5.41) is 0. The van der Waals surface area contributed by atoms with Crippen LogP contribution in [-0.2, 0) is 14.0 Å². The summed E-state index contributed by atoms with van der Waals surface area (Å²) >= 11 is 0. The van der Waals surface area contributed by atoms with Gasteiger partial charge in [-0.1, -0.05) is 13.8 Å². The first-order valence-electron chi connectivity index (χ1n) is 7.68. The maximum absolute atomic E-state index is 5.85. The fourth-order valence-electron chi connectivity index (χ4n) is 2.07. The maximum Gasteiger partial charge on any atom is 0.490 e. The third-order valence-corrected chi connectivity index (χ3v) is 4.23. The predicted molar refractivity (Wildman–Crippen MR) is 83.6 cm³/mol. The van der Waals surface area contributed by atoms with E-state index in [1.54, 1.807) is 6.26 Å². The lowest BCUT2D eigenvalue weighted by Gasteiger charge is -2.32. The second kappa shape index (κ2) is 7.48. The highest BCUT2D eigenvalue weighted by Gasteiger charge is 2.50. The van der Waals surface area contributed by atoms with Crippen molar-refractivity contribution >= 4 is 7.12 Å². The van der Waals surface area contributed by atoms with E-state index in [1.165, 1.54) is 0 Å². The van der Waals surface area contributed by atoms with E-state index < -0.39 is 0 Å². The van der Waals surface area contributed by atoms with Gasteiger partial charge >= 0.3 is 7.12 Å². The van der Waals surface area contributed by atoms with Crippen LogP contribution in [0.3, 0.4) is 0 Å². The molecule has 0 aliphatic carbocycles. The summed E-state index contributed by atoms with van der Waals surface area (Å²) in [5.41, 5.74) is -0.574. The molecule has 1 aliphatic heterocycles. The minimum atomic E-state index is -0.317. The largest absolute Gasteiger partial charge is 0.502 e. The van der Waals surface area contributed by atoms with E-state index in [-0.39, 0.29) is 18.3 Å². The molecule has 4 nitrogen and oxygen atoms in total. The average molecular weight is 283 g/mol. The highest BCUT2D eigenvalue weighted by atomic mass is 16.7. The van der Waals surface area contributed by atoms with Crippen molar-refractivity contribution < 1.29 is 14.0 Å². The third-order valence-electron chi connectivity index (χ3n) is 4.23. The van der Waals surface area contributed by atoms with E-state index in [1.807, 2.05) is 33.7 Å². The van der Waals surface area contributed by atoms with E-state index in [2.05, 4.69) is 18.7 Å². The van der Waals surface area contributed by atoms with Crippen molar-refractivity contribution in [3.8, 4) is 0 Å². The smallest absolute Gasteiger partial charge is 0.490 e. The molecule has 116 valence electrons. The molecule has 1 heterocycles. The molecule has 0 aromatic heterocycles. The van der Waals surface area contributed by atoms with Gasteiger partial charge in [0.1, 0.15) is 0 Å². The van der Waals surface area contributed by atoms with Crippen molar-refractivity contribution in [2.24, 2.45) is 0 Å². The standard InChI is InChI=1S/C15H30BNO3/c1-7-17(8-2)11-9-12-18-13-10-16-19-14(3,4)15(5,6)20-16/h10,13H,7-9,11-12H2,1-6H3/b13-10+. The first-order valence-corrected chi connectivity index (χ1v) is 7.68. The van der Waals surface area contributed by atoms with E-state index in [4.69, 9.17) is 14.0 Å². The van der Waals surface area contributed by atoms with E-state index in [9.17, 15) is 0 Å². The molecule has 0 aromatic carbocycles. The molecule has 0 saturated carbocycles. The van der Waals surface area contributed by atoms with Gasteiger partial charge in [-0.15, -0.1) is 0 Å². The molecule has 0 unspecified atom stereocenters. The Morgan fingerprint density at radius 3 is 2.10 bits per heavy atom. The topological polar surface area (TPSA) is 30.9 Å². The molecule has 1 saturated heterocycles. The summed E-state index contributed by atoms with van der Waals surface area (Å²) < 4.78 is 17.2. The molecular formula is C15H30BNO3. The van der Waals surface area contributed by atoms with Crippen LogP contribution in [0.5, 0.6) is 0 Å². The third kappa shape index (κ3) is 4.79. The first-order chi connectivity index (χ1) is 9.32. The van der Waals surface area contributed by atoms with E-state index in [0.717, 1.165) is 32.7 Å². The van der Waals surface area contributed by atoms with Crippen LogP contribution < -0.4 is 0 Å². The molecule has 0 spiro atoms. The number of hydrogen-bond donors (Lipinski definition) is 0. The molecule has 0 amide bonds. The Morgan fingerprint density at radius 1 is 1.05 bits per heavy atom. The fraction of sp³-hybridized carbons (Fsp3) is 0.867. The second-order valence-corrected chi connectivity index (χ2v) is 6.20. The Labute approximate surface area is 124 Å². The Balaban J connectivity index is 2.20. The van der Waals surface area contributed by atoms with Gasteiger partial charge in [-0.25, -0.2) is 0 Å². The van der Waals surface area contributed by atoms with Crippen molar-refractivity contribution in [2.75, 3.05) is 26.2 Å². The minimum absolute atomic E-state index is 0.287. The molecular weight excluding hydrogens is 253 g/mol. The lowest BCUT2D eigenvalue weighted by molar-refractivity contribution is 0.00578. The van der Waals surface area contributed by atoms with Gasteiger partial charge in [-0.3, -0.25) is 0 Å². The number of rotatable bonds is 8. The number of hydrogen-bond acceptors (Lipinski definition) is 4. The van der Waals surface area contributed by atoms with Gasteiger partial charge in [-0.2, -0.15) is 0 Å². The van der Waals surface area contributed by atoms with E-state index in [0.29, 0.717) is 0 Å². The van der Waals surface area contributed by atoms with Gasteiger partial charge in [0.25, 0.3) is 0 Å². The zero-order valence-electron chi connectivity index (χ0n) is 13.9. The number of nitrogens with zero attached hydrogens (tertiary/aromatic N) is 1. The van der Waals surface area contributed by atoms with Crippen LogP contribution in [0.25, 0.3) is 0 Å². The zero-order chi connectivity index (χ0) is 15.2. The average Bonchev–Trinajstić information content (AvgIpc) is 2.57. The van der Waals surface area contributed by atoms with Crippen LogP contribution in [0.4, 0.5) is 0 Å². The number of ether oxygens (including phenoxy) is 1. The summed E-state index contributed by atoms with van der Waals surface area (Å²) in [4.78, 5) is 2.39. The van der Waals surface area contributed by atoms with Crippen molar-refractivity contribution in [1.29, 1.82) is 0 Å². The van der Waals surface area contributed by atoms with E-state index >= 15 is 0 Å². The molecule has 0 radical (unpaired) electrons. The molecule has 1 aliphatic rings. The Bertz CT molecular complexity index is 298. The second-order valence-electron chi connectivity index (χ2n) is 6.20. The molecule has 0 bridgehead atoms. The summed E-state index contributed by atoms with van der Waals surface area (Å²) in [6.07, 6.45) is 2.74. The zero-order valence-corrected chi connectivity index (χ0v) is 13.9. The predicted octanol–water partition coefficient (Wildman–Crippen LogP) is 2.88. The Kier molecular flexibility index (Phi) is 6.56. The minimum Gasteiger partial charge on any atom is -0.502 e. The van der Waals surface area contributed by atoms with Crippen LogP contribution in [0.1, 0.15) is 48.0 Å². The summed E-state index contributed by atoms with van der Waals surface area (Å²) in [7, 11) is -0.317. The fourth-order valence-corrected chi connectivity index (χ4v) is 2.07. The van der Waals surface area contributed by atoms with Gasteiger partial charge in [0.05, 0.1) is 24.1 Å². The van der Waals surface area contributed by atoms with Crippen LogP contribution in [0.2, 0.25) is 0 Å². The van der Waals surface area contributed by atoms with Crippen molar-refractivity contribution in [3.05, 3.63) is 12.2 Å². The van der Waals surface area contributed by atoms with Gasteiger partial charge in [0, 0.05) is 6.54 Å². The van der Waals surface area contributed by atoms with Gasteiger partial charge in [0.2, 0.25) is 0 Å².